The summed E-state index contributed by atoms with van der Waals surface area (Å²) < 4.78 is 8.72. The molecule has 0 atom stereocenters. The summed E-state index contributed by atoms with van der Waals surface area (Å²) in [5, 5.41) is 0.393. The average Bonchev–Trinajstić information content (AvgIpc) is 3.46. The van der Waals surface area contributed by atoms with E-state index in [9.17, 15) is 14.4 Å². The van der Waals surface area contributed by atoms with E-state index in [0.29, 0.717) is 23.0 Å². The van der Waals surface area contributed by atoms with Crippen LogP contribution >= 0.6 is 0 Å². The number of carbonyl (C=O) groups is 3. The Balaban J connectivity index is 1.54. The Labute approximate surface area is 219 Å². The molecule has 0 unspecified atom stereocenters. The summed E-state index contributed by atoms with van der Waals surface area (Å²) in [7, 11) is 3.26. The van der Waals surface area contributed by atoms with Gasteiger partial charge in [0.2, 0.25) is 0 Å². The highest BCUT2D eigenvalue weighted by Crippen LogP contribution is 2.29. The molecule has 0 saturated heterocycles. The summed E-state index contributed by atoms with van der Waals surface area (Å²) in [5.41, 5.74) is 4.23. The van der Waals surface area contributed by atoms with Crippen molar-refractivity contribution in [2.45, 2.75) is 20.4 Å². The van der Waals surface area contributed by atoms with Gasteiger partial charge in [-0.25, -0.2) is 14.6 Å². The van der Waals surface area contributed by atoms with E-state index < -0.39 is 5.97 Å². The highest BCUT2D eigenvalue weighted by atomic mass is 16.5. The molecular formula is C29H27N5O4. The van der Waals surface area contributed by atoms with E-state index in [1.807, 2.05) is 25.1 Å². The lowest BCUT2D eigenvalue weighted by Gasteiger charge is -2.12. The highest BCUT2D eigenvalue weighted by molar-refractivity contribution is 6.21. The second-order valence-corrected chi connectivity index (χ2v) is 9.15. The maximum Gasteiger partial charge on any atom is 0.338 e. The molecule has 0 aliphatic carbocycles. The number of ketones is 1. The average molecular weight is 510 g/mol. The topological polar surface area (TPSA) is 99.3 Å². The summed E-state index contributed by atoms with van der Waals surface area (Å²) in [6.07, 6.45) is 4.98. The van der Waals surface area contributed by atoms with Gasteiger partial charge in [0.15, 0.2) is 5.78 Å². The first-order chi connectivity index (χ1) is 18.3. The van der Waals surface area contributed by atoms with Gasteiger partial charge in [0, 0.05) is 49.5 Å². The van der Waals surface area contributed by atoms with Crippen LogP contribution in [0.25, 0.3) is 21.9 Å². The Morgan fingerprint density at radius 1 is 0.974 bits per heavy atom. The number of hydrogen-bond donors (Lipinski definition) is 0. The zero-order valence-electron chi connectivity index (χ0n) is 21.6. The van der Waals surface area contributed by atoms with Crippen molar-refractivity contribution in [3.8, 4) is 0 Å². The van der Waals surface area contributed by atoms with Gasteiger partial charge in [-0.05, 0) is 37.6 Å². The van der Waals surface area contributed by atoms with Crippen LogP contribution in [0.3, 0.4) is 0 Å². The van der Waals surface area contributed by atoms with Gasteiger partial charge in [0.1, 0.15) is 11.3 Å². The summed E-state index contributed by atoms with van der Waals surface area (Å²) in [6, 6.07) is 13.9. The van der Waals surface area contributed by atoms with Crippen molar-refractivity contribution in [2.75, 3.05) is 20.7 Å². The lowest BCUT2D eigenvalue weighted by molar-refractivity contribution is 0.0528. The minimum Gasteiger partial charge on any atom is -0.462 e. The summed E-state index contributed by atoms with van der Waals surface area (Å²) >= 11 is 0. The number of nitrogens with zero attached hydrogens (tertiary/aromatic N) is 5. The van der Waals surface area contributed by atoms with Crippen LogP contribution in [-0.2, 0) is 11.3 Å². The third-order valence-corrected chi connectivity index (χ3v) is 6.46. The fourth-order valence-electron chi connectivity index (χ4n) is 4.61. The maximum atomic E-state index is 13.7. The zero-order valence-corrected chi connectivity index (χ0v) is 21.6. The van der Waals surface area contributed by atoms with E-state index in [2.05, 4.69) is 14.5 Å². The van der Waals surface area contributed by atoms with E-state index in [4.69, 9.17) is 4.74 Å². The summed E-state index contributed by atoms with van der Waals surface area (Å²) in [5.74, 6) is 0.0348. The minimum atomic E-state index is -0.546. The first-order valence-electron chi connectivity index (χ1n) is 12.2. The van der Waals surface area contributed by atoms with Crippen LogP contribution in [0, 0.1) is 6.92 Å². The van der Waals surface area contributed by atoms with Gasteiger partial charge in [-0.1, -0.05) is 30.3 Å². The summed E-state index contributed by atoms with van der Waals surface area (Å²) in [6.45, 7) is 4.45. The van der Waals surface area contributed by atoms with E-state index in [0.717, 1.165) is 22.4 Å². The molecule has 1 amide bonds. The van der Waals surface area contributed by atoms with E-state index >= 15 is 0 Å². The number of fused-ring (bicyclic) bond motifs is 2. The molecule has 0 aliphatic heterocycles. The SMILES string of the molecule is CCOC(=O)c1cccc2c1c(C(=O)c1ccc(Cn3c(C)nc4cnccc43)cc1)cn2C(=O)N(C)C. The number of amides is 1. The van der Waals surface area contributed by atoms with Gasteiger partial charge >= 0.3 is 12.0 Å². The van der Waals surface area contributed by atoms with Crippen molar-refractivity contribution in [1.29, 1.82) is 0 Å². The van der Waals surface area contributed by atoms with Crippen molar-refractivity contribution in [3.63, 3.8) is 0 Å². The molecule has 3 heterocycles. The predicted octanol–water partition coefficient (Wildman–Crippen LogP) is 4.68. The van der Waals surface area contributed by atoms with Crippen LogP contribution in [0.1, 0.15) is 44.6 Å². The Hall–Kier alpha value is -4.79. The molecule has 0 aliphatic rings. The first-order valence-corrected chi connectivity index (χ1v) is 12.2. The van der Waals surface area contributed by atoms with E-state index in [1.165, 1.54) is 15.7 Å². The second-order valence-electron chi connectivity index (χ2n) is 9.15. The van der Waals surface area contributed by atoms with Crippen LogP contribution in [0.5, 0.6) is 0 Å². The maximum absolute atomic E-state index is 13.7. The fourth-order valence-corrected chi connectivity index (χ4v) is 4.61. The highest BCUT2D eigenvalue weighted by Gasteiger charge is 2.25. The second kappa shape index (κ2) is 9.93. The Kier molecular flexibility index (Phi) is 6.50. The van der Waals surface area contributed by atoms with Crippen molar-refractivity contribution >= 4 is 39.7 Å². The fraction of sp³-hybridized carbons (Fsp3) is 0.207. The quantitative estimate of drug-likeness (QED) is 0.243. The number of ether oxygens (including phenoxy) is 1. The lowest BCUT2D eigenvalue weighted by atomic mass is 9.98. The van der Waals surface area contributed by atoms with Crippen molar-refractivity contribution < 1.29 is 19.1 Å². The molecule has 38 heavy (non-hydrogen) atoms. The molecule has 0 N–H and O–H groups in total. The van der Waals surface area contributed by atoms with Gasteiger partial charge in [0.25, 0.3) is 0 Å². The molecule has 9 nitrogen and oxygen atoms in total. The Bertz CT molecular complexity index is 1700. The number of imidazole rings is 1. The van der Waals surface area contributed by atoms with Gasteiger partial charge in [-0.15, -0.1) is 0 Å². The monoisotopic (exact) mass is 509 g/mol. The molecular weight excluding hydrogens is 482 g/mol. The standard InChI is InChI=1S/C29H27N5O4/c1-5-38-28(36)21-7-6-8-25-26(21)22(17-34(25)29(37)32(3)4)27(35)20-11-9-19(10-12-20)16-33-18(2)31-23-15-30-14-13-24(23)33/h6-15,17H,5,16H2,1-4H3. The van der Waals surface area contributed by atoms with E-state index in [-0.39, 0.29) is 29.5 Å². The molecule has 2 aromatic carbocycles. The number of hydrogen-bond acceptors (Lipinski definition) is 6. The van der Waals surface area contributed by atoms with Gasteiger partial charge in [-0.3, -0.25) is 14.3 Å². The number of aromatic nitrogens is 4. The minimum absolute atomic E-state index is 0.194. The third kappa shape index (κ3) is 4.32. The molecule has 0 bridgehead atoms. The third-order valence-electron chi connectivity index (χ3n) is 6.46. The number of carbonyl (C=O) groups excluding carboxylic acids is 3. The molecule has 9 heteroatoms. The molecule has 0 fully saturated rings. The van der Waals surface area contributed by atoms with Crippen molar-refractivity contribution in [2.24, 2.45) is 0 Å². The molecule has 0 radical (unpaired) electrons. The van der Waals surface area contributed by atoms with Crippen LogP contribution in [-0.4, -0.2) is 62.5 Å². The van der Waals surface area contributed by atoms with Crippen LogP contribution in [0.2, 0.25) is 0 Å². The number of aryl methyl sites for hydroxylation is 1. The van der Waals surface area contributed by atoms with Crippen LogP contribution in [0.4, 0.5) is 4.79 Å². The first kappa shape index (κ1) is 24.9. The van der Waals surface area contributed by atoms with Crippen LogP contribution < -0.4 is 0 Å². The number of pyridine rings is 1. The molecule has 0 spiro atoms. The van der Waals surface area contributed by atoms with Gasteiger partial charge < -0.3 is 14.2 Å². The molecule has 0 saturated carbocycles. The zero-order chi connectivity index (χ0) is 27.0. The largest absolute Gasteiger partial charge is 0.462 e. The normalized spacial score (nSPS) is 11.2. The molecule has 5 rings (SSSR count). The molecule has 3 aromatic heterocycles. The number of rotatable bonds is 6. The van der Waals surface area contributed by atoms with E-state index in [1.54, 1.807) is 63.7 Å². The Morgan fingerprint density at radius 2 is 1.74 bits per heavy atom. The van der Waals surface area contributed by atoms with Crippen molar-refractivity contribution in [1.82, 2.24) is 24.0 Å². The van der Waals surface area contributed by atoms with Gasteiger partial charge in [-0.2, -0.15) is 0 Å². The Morgan fingerprint density at radius 3 is 2.45 bits per heavy atom. The lowest BCUT2D eigenvalue weighted by Crippen LogP contribution is -2.26. The molecule has 5 aromatic rings. The van der Waals surface area contributed by atoms with Gasteiger partial charge in [0.05, 0.1) is 29.4 Å². The summed E-state index contributed by atoms with van der Waals surface area (Å²) in [4.78, 5) is 49.5. The number of esters is 1. The van der Waals surface area contributed by atoms with Crippen LogP contribution in [0.15, 0.2) is 67.1 Å². The van der Waals surface area contributed by atoms with Crippen molar-refractivity contribution in [3.05, 3.63) is 95.2 Å². The number of benzene rings is 2. The predicted molar refractivity (Wildman–Crippen MR) is 144 cm³/mol. The molecule has 192 valence electrons. The smallest absolute Gasteiger partial charge is 0.338 e.